The Labute approximate surface area is 154 Å². The third-order valence-corrected chi connectivity index (χ3v) is 4.21. The van der Waals surface area contributed by atoms with E-state index in [4.69, 9.17) is 4.74 Å². The first-order valence-corrected chi connectivity index (χ1v) is 8.87. The van der Waals surface area contributed by atoms with E-state index in [2.05, 4.69) is 32.4 Å². The Bertz CT molecular complexity index is 740. The standard InChI is InChI=1S/C19H25N5O2/c1-14(2)26-17-7-5-4-6-15(17)20-19(25)16-8-9-18(22-21-16)24-12-10-23(3)11-13-24/h4-9,14H,10-13H2,1-3H3,(H,20,25). The number of likely N-dealkylation sites (N-methyl/N-ethyl adjacent to an activating group) is 1. The van der Waals surface area contributed by atoms with Gasteiger partial charge in [0.05, 0.1) is 11.8 Å². The number of ether oxygens (including phenoxy) is 1. The molecule has 0 bridgehead atoms. The number of amides is 1. The smallest absolute Gasteiger partial charge is 0.276 e. The number of rotatable bonds is 5. The molecule has 1 aliphatic heterocycles. The maximum atomic E-state index is 12.5. The minimum absolute atomic E-state index is 0.0238. The van der Waals surface area contributed by atoms with Crippen molar-refractivity contribution in [2.45, 2.75) is 20.0 Å². The van der Waals surface area contributed by atoms with Crippen molar-refractivity contribution in [2.75, 3.05) is 43.4 Å². The van der Waals surface area contributed by atoms with Gasteiger partial charge in [0.15, 0.2) is 11.5 Å². The number of hydrogen-bond acceptors (Lipinski definition) is 6. The van der Waals surface area contributed by atoms with Crippen molar-refractivity contribution in [1.29, 1.82) is 0 Å². The van der Waals surface area contributed by atoms with E-state index in [9.17, 15) is 4.79 Å². The summed E-state index contributed by atoms with van der Waals surface area (Å²) in [5.74, 6) is 1.14. The summed E-state index contributed by atoms with van der Waals surface area (Å²) in [6.07, 6.45) is 0.0238. The van der Waals surface area contributed by atoms with Crippen LogP contribution in [0, 0.1) is 0 Å². The van der Waals surface area contributed by atoms with Crippen molar-refractivity contribution in [2.24, 2.45) is 0 Å². The van der Waals surface area contributed by atoms with Gasteiger partial charge < -0.3 is 19.9 Å². The van der Waals surface area contributed by atoms with Crippen LogP contribution in [-0.2, 0) is 0 Å². The van der Waals surface area contributed by atoms with Gasteiger partial charge in [0.25, 0.3) is 5.91 Å². The molecule has 0 spiro atoms. The third kappa shape index (κ3) is 4.49. The Kier molecular flexibility index (Phi) is 5.68. The van der Waals surface area contributed by atoms with Gasteiger partial charge in [0.2, 0.25) is 0 Å². The summed E-state index contributed by atoms with van der Waals surface area (Å²) in [4.78, 5) is 17.0. The van der Waals surface area contributed by atoms with Crippen LogP contribution in [0.4, 0.5) is 11.5 Å². The average Bonchev–Trinajstić information content (AvgIpc) is 2.64. The van der Waals surface area contributed by atoms with Gasteiger partial charge in [-0.2, -0.15) is 0 Å². The second kappa shape index (κ2) is 8.14. The molecule has 0 radical (unpaired) electrons. The molecule has 1 amide bonds. The number of nitrogens with zero attached hydrogens (tertiary/aromatic N) is 4. The Hall–Kier alpha value is -2.67. The Morgan fingerprint density at radius 2 is 1.81 bits per heavy atom. The predicted molar refractivity (Wildman–Crippen MR) is 102 cm³/mol. The van der Waals surface area contributed by atoms with Crippen molar-refractivity contribution in [3.63, 3.8) is 0 Å². The van der Waals surface area contributed by atoms with Crippen LogP contribution in [0.15, 0.2) is 36.4 Å². The first-order chi connectivity index (χ1) is 12.5. The molecule has 1 fully saturated rings. The molecule has 1 N–H and O–H groups in total. The van der Waals surface area contributed by atoms with E-state index in [1.54, 1.807) is 6.07 Å². The van der Waals surface area contributed by atoms with Crippen LogP contribution < -0.4 is 15.0 Å². The van der Waals surface area contributed by atoms with E-state index in [0.29, 0.717) is 11.4 Å². The maximum Gasteiger partial charge on any atom is 0.276 e. The van der Waals surface area contributed by atoms with Crippen LogP contribution in [0.5, 0.6) is 5.75 Å². The molecule has 138 valence electrons. The SMILES string of the molecule is CC(C)Oc1ccccc1NC(=O)c1ccc(N2CCN(C)CC2)nn1. The molecule has 2 aromatic rings. The number of carbonyl (C=O) groups excluding carboxylic acids is 1. The first kappa shape index (κ1) is 18.1. The number of piperazine rings is 1. The number of nitrogens with one attached hydrogen (secondary N) is 1. The minimum Gasteiger partial charge on any atom is -0.489 e. The second-order valence-corrected chi connectivity index (χ2v) is 6.68. The molecule has 0 aliphatic carbocycles. The quantitative estimate of drug-likeness (QED) is 0.887. The van der Waals surface area contributed by atoms with E-state index in [1.807, 2.05) is 44.2 Å². The lowest BCUT2D eigenvalue weighted by atomic mass is 10.2. The van der Waals surface area contributed by atoms with Crippen LogP contribution in [0.2, 0.25) is 0 Å². The van der Waals surface area contributed by atoms with E-state index in [1.165, 1.54) is 0 Å². The second-order valence-electron chi connectivity index (χ2n) is 6.68. The van der Waals surface area contributed by atoms with E-state index in [-0.39, 0.29) is 17.7 Å². The van der Waals surface area contributed by atoms with Gasteiger partial charge in [-0.3, -0.25) is 4.79 Å². The molecular weight excluding hydrogens is 330 g/mol. The summed E-state index contributed by atoms with van der Waals surface area (Å²) in [6.45, 7) is 7.71. The van der Waals surface area contributed by atoms with Crippen molar-refractivity contribution in [1.82, 2.24) is 15.1 Å². The lowest BCUT2D eigenvalue weighted by Gasteiger charge is -2.32. The molecule has 1 aromatic carbocycles. The highest BCUT2D eigenvalue weighted by molar-refractivity contribution is 6.03. The summed E-state index contributed by atoms with van der Waals surface area (Å²) in [5, 5.41) is 11.2. The largest absolute Gasteiger partial charge is 0.489 e. The molecule has 7 nitrogen and oxygen atoms in total. The van der Waals surface area contributed by atoms with E-state index < -0.39 is 0 Å². The van der Waals surface area contributed by atoms with Crippen molar-refractivity contribution >= 4 is 17.4 Å². The van der Waals surface area contributed by atoms with Gasteiger partial charge in [-0.1, -0.05) is 12.1 Å². The van der Waals surface area contributed by atoms with Crippen molar-refractivity contribution in [3.05, 3.63) is 42.1 Å². The Morgan fingerprint density at radius 3 is 2.46 bits per heavy atom. The van der Waals surface area contributed by atoms with E-state index in [0.717, 1.165) is 32.0 Å². The summed E-state index contributed by atoms with van der Waals surface area (Å²) >= 11 is 0. The van der Waals surface area contributed by atoms with Gasteiger partial charge in [-0.25, -0.2) is 0 Å². The van der Waals surface area contributed by atoms with Gasteiger partial charge in [-0.05, 0) is 45.2 Å². The van der Waals surface area contributed by atoms with Gasteiger partial charge >= 0.3 is 0 Å². The number of carbonyl (C=O) groups is 1. The topological polar surface area (TPSA) is 70.6 Å². The average molecular weight is 355 g/mol. The molecule has 1 saturated heterocycles. The summed E-state index contributed by atoms with van der Waals surface area (Å²) in [5.41, 5.74) is 0.901. The Morgan fingerprint density at radius 1 is 1.08 bits per heavy atom. The van der Waals surface area contributed by atoms with Crippen molar-refractivity contribution < 1.29 is 9.53 Å². The number of hydrogen-bond donors (Lipinski definition) is 1. The molecule has 26 heavy (non-hydrogen) atoms. The lowest BCUT2D eigenvalue weighted by Crippen LogP contribution is -2.44. The molecule has 2 heterocycles. The fourth-order valence-electron chi connectivity index (χ4n) is 2.76. The number of anilines is 2. The van der Waals surface area contributed by atoms with Crippen molar-refractivity contribution in [3.8, 4) is 5.75 Å². The minimum atomic E-state index is -0.303. The maximum absolute atomic E-state index is 12.5. The van der Waals surface area contributed by atoms with Gasteiger partial charge in [0, 0.05) is 26.2 Å². The fraction of sp³-hybridized carbons (Fsp3) is 0.421. The highest BCUT2D eigenvalue weighted by Crippen LogP contribution is 2.25. The van der Waals surface area contributed by atoms with Crippen LogP contribution in [0.3, 0.4) is 0 Å². The zero-order chi connectivity index (χ0) is 18.5. The summed E-state index contributed by atoms with van der Waals surface area (Å²) in [7, 11) is 2.11. The molecule has 0 atom stereocenters. The first-order valence-electron chi connectivity index (χ1n) is 8.87. The normalized spacial score (nSPS) is 15.2. The lowest BCUT2D eigenvalue weighted by molar-refractivity contribution is 0.102. The molecule has 1 aromatic heterocycles. The van der Waals surface area contributed by atoms with Crippen LogP contribution in [0.1, 0.15) is 24.3 Å². The van der Waals surface area contributed by atoms with Gasteiger partial charge in [0.1, 0.15) is 5.75 Å². The van der Waals surface area contributed by atoms with Crippen LogP contribution >= 0.6 is 0 Å². The number of benzene rings is 1. The zero-order valence-electron chi connectivity index (χ0n) is 15.5. The molecule has 3 rings (SSSR count). The molecular formula is C19H25N5O2. The number of para-hydroxylation sites is 2. The molecule has 0 saturated carbocycles. The zero-order valence-corrected chi connectivity index (χ0v) is 15.5. The molecule has 7 heteroatoms. The highest BCUT2D eigenvalue weighted by atomic mass is 16.5. The predicted octanol–water partition coefficient (Wildman–Crippen LogP) is 2.27. The highest BCUT2D eigenvalue weighted by Gasteiger charge is 2.17. The van der Waals surface area contributed by atoms with Crippen LogP contribution in [0.25, 0.3) is 0 Å². The molecule has 0 unspecified atom stereocenters. The summed E-state index contributed by atoms with van der Waals surface area (Å²) < 4.78 is 5.73. The van der Waals surface area contributed by atoms with Crippen LogP contribution in [-0.4, -0.2) is 60.3 Å². The molecule has 1 aliphatic rings. The van der Waals surface area contributed by atoms with E-state index >= 15 is 0 Å². The third-order valence-electron chi connectivity index (χ3n) is 4.21. The Balaban J connectivity index is 1.67. The van der Waals surface area contributed by atoms with Gasteiger partial charge in [-0.15, -0.1) is 10.2 Å². The fourth-order valence-corrected chi connectivity index (χ4v) is 2.76. The number of aromatic nitrogens is 2. The monoisotopic (exact) mass is 355 g/mol. The summed E-state index contributed by atoms with van der Waals surface area (Å²) in [6, 6.07) is 10.9.